The molecule has 0 rings (SSSR count). The Morgan fingerprint density at radius 2 is 1.73 bits per heavy atom. The van der Waals surface area contributed by atoms with Gasteiger partial charge in [-0.05, 0) is 12.2 Å². The van der Waals surface area contributed by atoms with Crippen LogP contribution in [-0.2, 0) is 20.0 Å². The fourth-order valence-corrected chi connectivity index (χ4v) is 4.33. The first-order valence-electron chi connectivity index (χ1n) is 3.91. The summed E-state index contributed by atoms with van der Waals surface area (Å²) < 4.78 is 42.1. The SMILES string of the molecule is NS(=O)(=O)CCCSC(CS)S(N)(=O)=O. The zero-order chi connectivity index (χ0) is 12.1. The Morgan fingerprint density at radius 1 is 1.20 bits per heavy atom. The minimum Gasteiger partial charge on any atom is -0.229 e. The molecular weight excluding hydrogens is 280 g/mol. The van der Waals surface area contributed by atoms with Crippen LogP contribution < -0.4 is 10.3 Å². The molecule has 6 nitrogen and oxygen atoms in total. The van der Waals surface area contributed by atoms with Crippen molar-refractivity contribution in [3.63, 3.8) is 0 Å². The zero-order valence-corrected chi connectivity index (χ0v) is 11.2. The number of hydrogen-bond acceptors (Lipinski definition) is 6. The summed E-state index contributed by atoms with van der Waals surface area (Å²) in [6.45, 7) is 0. The molecule has 0 aliphatic heterocycles. The predicted octanol–water partition coefficient (Wildman–Crippen LogP) is -1.06. The molecule has 0 saturated heterocycles. The van der Waals surface area contributed by atoms with Gasteiger partial charge in [0, 0.05) is 5.75 Å². The lowest BCUT2D eigenvalue weighted by Crippen LogP contribution is -2.27. The lowest BCUT2D eigenvalue weighted by molar-refractivity contribution is 0.595. The molecule has 4 N–H and O–H groups in total. The number of primary sulfonamides is 2. The molecule has 0 aromatic heterocycles. The van der Waals surface area contributed by atoms with Gasteiger partial charge >= 0.3 is 0 Å². The molecule has 1 atom stereocenters. The molecule has 0 radical (unpaired) electrons. The smallest absolute Gasteiger partial charge is 0.222 e. The third-order valence-electron chi connectivity index (χ3n) is 1.39. The van der Waals surface area contributed by atoms with Crippen molar-refractivity contribution >= 4 is 44.4 Å². The van der Waals surface area contributed by atoms with Gasteiger partial charge in [-0.15, -0.1) is 11.8 Å². The van der Waals surface area contributed by atoms with Crippen molar-refractivity contribution in [2.24, 2.45) is 10.3 Å². The predicted molar refractivity (Wildman–Crippen MR) is 65.8 cm³/mol. The van der Waals surface area contributed by atoms with Gasteiger partial charge in [0.1, 0.15) is 4.58 Å². The van der Waals surface area contributed by atoms with Gasteiger partial charge in [0.2, 0.25) is 20.0 Å². The van der Waals surface area contributed by atoms with Gasteiger partial charge in [-0.2, -0.15) is 12.6 Å². The van der Waals surface area contributed by atoms with Crippen LogP contribution in [0, 0.1) is 0 Å². The zero-order valence-electron chi connectivity index (χ0n) is 7.87. The molecule has 0 bridgehead atoms. The first-order valence-corrected chi connectivity index (χ1v) is 8.92. The molecule has 15 heavy (non-hydrogen) atoms. The number of thioether (sulfide) groups is 1. The fraction of sp³-hybridized carbons (Fsp3) is 1.00. The van der Waals surface area contributed by atoms with Crippen LogP contribution in [0.1, 0.15) is 6.42 Å². The van der Waals surface area contributed by atoms with Crippen molar-refractivity contribution in [1.82, 2.24) is 0 Å². The van der Waals surface area contributed by atoms with Crippen molar-refractivity contribution < 1.29 is 16.8 Å². The maximum Gasteiger partial charge on any atom is 0.222 e. The molecule has 0 fully saturated rings. The van der Waals surface area contributed by atoms with E-state index in [1.165, 1.54) is 0 Å². The van der Waals surface area contributed by atoms with E-state index in [-0.39, 0.29) is 11.5 Å². The van der Waals surface area contributed by atoms with Crippen molar-refractivity contribution in [2.45, 2.75) is 11.0 Å². The Balaban J connectivity index is 3.95. The van der Waals surface area contributed by atoms with E-state index in [0.29, 0.717) is 12.2 Å². The van der Waals surface area contributed by atoms with Gasteiger partial charge < -0.3 is 0 Å². The molecule has 0 aliphatic rings. The molecule has 10 heteroatoms. The third kappa shape index (κ3) is 8.34. The van der Waals surface area contributed by atoms with Crippen LogP contribution in [0.25, 0.3) is 0 Å². The van der Waals surface area contributed by atoms with Crippen LogP contribution in [0.3, 0.4) is 0 Å². The second kappa shape index (κ2) is 6.30. The fourth-order valence-electron chi connectivity index (χ4n) is 0.726. The van der Waals surface area contributed by atoms with Crippen molar-refractivity contribution in [2.75, 3.05) is 17.3 Å². The summed E-state index contributed by atoms with van der Waals surface area (Å²) in [6.07, 6.45) is 0.295. The topological polar surface area (TPSA) is 120 Å². The summed E-state index contributed by atoms with van der Waals surface area (Å²) >= 11 is 4.91. The largest absolute Gasteiger partial charge is 0.229 e. The number of hydrogen-bond donors (Lipinski definition) is 3. The summed E-state index contributed by atoms with van der Waals surface area (Å²) in [7, 11) is -7.10. The maximum absolute atomic E-state index is 10.9. The molecule has 0 aliphatic carbocycles. The first-order chi connectivity index (χ1) is 6.67. The van der Waals surface area contributed by atoms with Crippen LogP contribution in [0.2, 0.25) is 0 Å². The van der Waals surface area contributed by atoms with E-state index in [0.717, 1.165) is 11.8 Å². The molecule has 0 spiro atoms. The van der Waals surface area contributed by atoms with Crippen LogP contribution in [-0.4, -0.2) is 38.7 Å². The molecule has 0 saturated carbocycles. The van der Waals surface area contributed by atoms with E-state index in [2.05, 4.69) is 12.6 Å². The number of sulfonamides is 2. The Morgan fingerprint density at radius 3 is 2.07 bits per heavy atom. The number of nitrogens with two attached hydrogens (primary N) is 2. The second-order valence-electron chi connectivity index (χ2n) is 2.79. The van der Waals surface area contributed by atoms with E-state index in [1.54, 1.807) is 0 Å². The van der Waals surface area contributed by atoms with E-state index in [4.69, 9.17) is 10.3 Å². The molecule has 0 heterocycles. The summed E-state index contributed by atoms with van der Waals surface area (Å²) in [5.74, 6) is 0.293. The molecular formula is C5H14N2O4S4. The summed E-state index contributed by atoms with van der Waals surface area (Å²) in [5.41, 5.74) is 0. The highest BCUT2D eigenvalue weighted by atomic mass is 32.3. The highest BCUT2D eigenvalue weighted by Crippen LogP contribution is 2.17. The molecule has 0 aromatic carbocycles. The van der Waals surface area contributed by atoms with Gasteiger partial charge in [-0.1, -0.05) is 0 Å². The minimum atomic E-state index is -3.63. The van der Waals surface area contributed by atoms with Crippen molar-refractivity contribution in [1.29, 1.82) is 0 Å². The van der Waals surface area contributed by atoms with E-state index >= 15 is 0 Å². The van der Waals surface area contributed by atoms with Crippen molar-refractivity contribution in [3.05, 3.63) is 0 Å². The van der Waals surface area contributed by atoms with Gasteiger partial charge in [-0.3, -0.25) is 0 Å². The summed E-state index contributed by atoms with van der Waals surface area (Å²) in [5, 5.41) is 9.69. The third-order valence-corrected chi connectivity index (χ3v) is 6.28. The Hall–Kier alpha value is 0.520. The molecule has 0 aromatic rings. The summed E-state index contributed by atoms with van der Waals surface area (Å²) in [4.78, 5) is 0. The van der Waals surface area contributed by atoms with Crippen LogP contribution >= 0.6 is 24.4 Å². The van der Waals surface area contributed by atoms with Gasteiger partial charge in [0.25, 0.3) is 0 Å². The Bertz CT molecular complexity index is 376. The lowest BCUT2D eigenvalue weighted by atomic mass is 10.6. The highest BCUT2D eigenvalue weighted by Gasteiger charge is 2.19. The van der Waals surface area contributed by atoms with Crippen LogP contribution in [0.4, 0.5) is 0 Å². The first kappa shape index (κ1) is 15.5. The van der Waals surface area contributed by atoms with E-state index < -0.39 is 24.6 Å². The van der Waals surface area contributed by atoms with Gasteiger partial charge in [0.05, 0.1) is 5.75 Å². The van der Waals surface area contributed by atoms with Crippen LogP contribution in [0.5, 0.6) is 0 Å². The Kier molecular flexibility index (Phi) is 6.52. The van der Waals surface area contributed by atoms with Crippen molar-refractivity contribution in [3.8, 4) is 0 Å². The summed E-state index contributed by atoms with van der Waals surface area (Å²) in [6, 6.07) is 0. The standard InChI is InChI=1S/C5H14N2O4S4/c6-14(8,9)3-1-2-13-5(4-12)15(7,10)11/h5,12H,1-4H2,(H2,6,8,9)(H2,7,10,11). The highest BCUT2D eigenvalue weighted by molar-refractivity contribution is 8.13. The van der Waals surface area contributed by atoms with Crippen LogP contribution in [0.15, 0.2) is 0 Å². The van der Waals surface area contributed by atoms with Gasteiger partial charge in [0.15, 0.2) is 0 Å². The number of thiol groups is 1. The minimum absolute atomic E-state index is 0.0961. The second-order valence-corrected chi connectivity index (χ2v) is 8.25. The maximum atomic E-state index is 10.9. The lowest BCUT2D eigenvalue weighted by Gasteiger charge is -2.10. The van der Waals surface area contributed by atoms with Gasteiger partial charge in [-0.25, -0.2) is 27.1 Å². The Labute approximate surface area is 99.7 Å². The molecule has 1 unspecified atom stereocenters. The normalized spacial score (nSPS) is 15.1. The average molecular weight is 294 g/mol. The monoisotopic (exact) mass is 294 g/mol. The molecule has 0 amide bonds. The van der Waals surface area contributed by atoms with E-state index in [1.807, 2.05) is 0 Å². The molecule has 92 valence electrons. The quantitative estimate of drug-likeness (QED) is 0.408. The average Bonchev–Trinajstić information content (AvgIpc) is 1.99. The number of rotatable bonds is 7. The van der Waals surface area contributed by atoms with E-state index in [9.17, 15) is 16.8 Å².